The van der Waals surface area contributed by atoms with Gasteiger partial charge in [0.05, 0.1) is 28.9 Å². The predicted molar refractivity (Wildman–Crippen MR) is 97.4 cm³/mol. The number of piperazine rings is 1. The van der Waals surface area contributed by atoms with Crippen molar-refractivity contribution in [2.75, 3.05) is 38.2 Å². The number of ether oxygens (including phenoxy) is 1. The van der Waals surface area contributed by atoms with Crippen LogP contribution in [0.2, 0.25) is 5.02 Å². The van der Waals surface area contributed by atoms with E-state index in [9.17, 15) is 9.59 Å². The number of carbonyl (C=O) groups excluding carboxylic acids is 2. The average molecular weight is 359 g/mol. The molecule has 1 amide bonds. The highest BCUT2D eigenvalue weighted by Gasteiger charge is 2.25. The Bertz CT molecular complexity index is 786. The molecule has 130 valence electrons. The Balaban J connectivity index is 1.72. The molecule has 0 spiro atoms. The van der Waals surface area contributed by atoms with Crippen molar-refractivity contribution in [3.63, 3.8) is 0 Å². The molecule has 0 N–H and O–H groups in total. The van der Waals surface area contributed by atoms with Gasteiger partial charge >= 0.3 is 5.97 Å². The smallest absolute Gasteiger partial charge is 0.339 e. The summed E-state index contributed by atoms with van der Waals surface area (Å²) in [7, 11) is 1.37. The molecule has 1 aliphatic heterocycles. The summed E-state index contributed by atoms with van der Waals surface area (Å²) in [5, 5.41) is 0.464. The molecule has 0 aliphatic carbocycles. The van der Waals surface area contributed by atoms with E-state index in [0.29, 0.717) is 42.3 Å². The maximum Gasteiger partial charge on any atom is 0.339 e. The minimum atomic E-state index is -0.356. The SMILES string of the molecule is COC(=O)c1ccccc1N1CCN(C(=O)c2ccccc2Cl)CC1. The Kier molecular flexibility index (Phi) is 5.24. The fourth-order valence-electron chi connectivity index (χ4n) is 2.99. The maximum atomic E-state index is 12.6. The standard InChI is InChI=1S/C19H19ClN2O3/c1-25-19(24)15-7-3-5-9-17(15)21-10-12-22(13-11-21)18(23)14-6-2-4-8-16(14)20/h2-9H,10-13H2,1H3. The number of hydrogen-bond acceptors (Lipinski definition) is 4. The van der Waals surface area contributed by atoms with Gasteiger partial charge in [0.1, 0.15) is 0 Å². The van der Waals surface area contributed by atoms with Crippen molar-refractivity contribution in [1.29, 1.82) is 0 Å². The monoisotopic (exact) mass is 358 g/mol. The van der Waals surface area contributed by atoms with Gasteiger partial charge in [-0.05, 0) is 24.3 Å². The predicted octanol–water partition coefficient (Wildman–Crippen LogP) is 3.09. The number of carbonyl (C=O) groups is 2. The second kappa shape index (κ2) is 7.57. The summed E-state index contributed by atoms with van der Waals surface area (Å²) in [6.07, 6.45) is 0. The number of rotatable bonds is 3. The molecule has 3 rings (SSSR count). The van der Waals surface area contributed by atoms with Gasteiger partial charge < -0.3 is 14.5 Å². The number of benzene rings is 2. The van der Waals surface area contributed by atoms with Gasteiger partial charge in [-0.1, -0.05) is 35.9 Å². The van der Waals surface area contributed by atoms with Crippen LogP contribution in [0.3, 0.4) is 0 Å². The number of amides is 1. The van der Waals surface area contributed by atoms with Crippen molar-refractivity contribution < 1.29 is 14.3 Å². The summed E-state index contributed by atoms with van der Waals surface area (Å²) in [5.74, 6) is -0.420. The third-order valence-electron chi connectivity index (χ3n) is 4.32. The fourth-order valence-corrected chi connectivity index (χ4v) is 3.20. The van der Waals surface area contributed by atoms with E-state index in [-0.39, 0.29) is 11.9 Å². The maximum absolute atomic E-state index is 12.6. The first-order valence-electron chi connectivity index (χ1n) is 8.08. The highest BCUT2D eigenvalue weighted by molar-refractivity contribution is 6.33. The van der Waals surface area contributed by atoms with Crippen LogP contribution in [0, 0.1) is 0 Å². The minimum Gasteiger partial charge on any atom is -0.465 e. The molecular formula is C19H19ClN2O3. The molecule has 2 aromatic rings. The molecule has 0 saturated carbocycles. The fraction of sp³-hybridized carbons (Fsp3) is 0.263. The van der Waals surface area contributed by atoms with Crippen LogP contribution in [0.15, 0.2) is 48.5 Å². The molecule has 0 bridgehead atoms. The summed E-state index contributed by atoms with van der Waals surface area (Å²) < 4.78 is 4.85. The van der Waals surface area contributed by atoms with E-state index in [4.69, 9.17) is 16.3 Å². The van der Waals surface area contributed by atoms with Crippen molar-refractivity contribution >= 4 is 29.2 Å². The average Bonchev–Trinajstić information content (AvgIpc) is 2.67. The van der Waals surface area contributed by atoms with Crippen molar-refractivity contribution in [1.82, 2.24) is 4.90 Å². The first-order chi connectivity index (χ1) is 12.1. The molecule has 0 radical (unpaired) electrons. The van der Waals surface area contributed by atoms with Crippen LogP contribution in [-0.4, -0.2) is 50.1 Å². The van der Waals surface area contributed by atoms with Crippen molar-refractivity contribution in [3.8, 4) is 0 Å². The van der Waals surface area contributed by atoms with E-state index in [1.165, 1.54) is 7.11 Å². The second-order valence-electron chi connectivity index (χ2n) is 5.77. The second-order valence-corrected chi connectivity index (χ2v) is 6.18. The van der Waals surface area contributed by atoms with Crippen molar-refractivity contribution in [2.45, 2.75) is 0 Å². The van der Waals surface area contributed by atoms with E-state index in [1.807, 2.05) is 24.3 Å². The molecule has 25 heavy (non-hydrogen) atoms. The summed E-state index contributed by atoms with van der Waals surface area (Å²) in [6, 6.07) is 14.4. The van der Waals surface area contributed by atoms with Crippen molar-refractivity contribution in [2.24, 2.45) is 0 Å². The normalized spacial score (nSPS) is 14.3. The lowest BCUT2D eigenvalue weighted by Gasteiger charge is -2.36. The number of halogens is 1. The molecule has 1 fully saturated rings. The van der Waals surface area contributed by atoms with Crippen LogP contribution >= 0.6 is 11.6 Å². The summed E-state index contributed by atoms with van der Waals surface area (Å²) in [5.41, 5.74) is 1.89. The summed E-state index contributed by atoms with van der Waals surface area (Å²) in [6.45, 7) is 2.42. The van der Waals surface area contributed by atoms with Gasteiger partial charge in [0.25, 0.3) is 5.91 Å². The third kappa shape index (κ3) is 3.61. The Morgan fingerprint density at radius 3 is 2.16 bits per heavy atom. The molecule has 0 unspecified atom stereocenters. The molecule has 5 nitrogen and oxygen atoms in total. The van der Waals surface area contributed by atoms with Gasteiger partial charge in [-0.3, -0.25) is 4.79 Å². The summed E-state index contributed by atoms with van der Waals surface area (Å²) >= 11 is 6.13. The number of esters is 1. The number of anilines is 1. The molecule has 0 atom stereocenters. The van der Waals surface area contributed by atoms with E-state index >= 15 is 0 Å². The largest absolute Gasteiger partial charge is 0.465 e. The van der Waals surface area contributed by atoms with Crippen LogP contribution in [0.1, 0.15) is 20.7 Å². The van der Waals surface area contributed by atoms with Crippen LogP contribution < -0.4 is 4.90 Å². The number of methoxy groups -OCH3 is 1. The van der Waals surface area contributed by atoms with Gasteiger partial charge in [-0.25, -0.2) is 4.79 Å². The lowest BCUT2D eigenvalue weighted by molar-refractivity contribution is 0.0600. The highest BCUT2D eigenvalue weighted by Crippen LogP contribution is 2.24. The van der Waals surface area contributed by atoms with Gasteiger partial charge in [0, 0.05) is 26.2 Å². The molecular weight excluding hydrogens is 340 g/mol. The van der Waals surface area contributed by atoms with E-state index in [2.05, 4.69) is 4.90 Å². The van der Waals surface area contributed by atoms with Gasteiger partial charge in [-0.2, -0.15) is 0 Å². The first kappa shape index (κ1) is 17.3. The lowest BCUT2D eigenvalue weighted by Crippen LogP contribution is -2.49. The molecule has 6 heteroatoms. The van der Waals surface area contributed by atoms with Crippen LogP contribution in [0.5, 0.6) is 0 Å². The number of para-hydroxylation sites is 1. The van der Waals surface area contributed by atoms with E-state index < -0.39 is 0 Å². The Hall–Kier alpha value is -2.53. The molecule has 1 saturated heterocycles. The van der Waals surface area contributed by atoms with Crippen LogP contribution in [-0.2, 0) is 4.74 Å². The molecule has 0 aromatic heterocycles. The Labute approximate surface area is 151 Å². The zero-order valence-corrected chi connectivity index (χ0v) is 14.7. The Morgan fingerprint density at radius 2 is 1.52 bits per heavy atom. The minimum absolute atomic E-state index is 0.0634. The van der Waals surface area contributed by atoms with E-state index in [1.54, 1.807) is 29.2 Å². The quantitative estimate of drug-likeness (QED) is 0.791. The van der Waals surface area contributed by atoms with Gasteiger partial charge in [0.15, 0.2) is 0 Å². The first-order valence-corrected chi connectivity index (χ1v) is 8.45. The topological polar surface area (TPSA) is 49.9 Å². The van der Waals surface area contributed by atoms with Crippen LogP contribution in [0.25, 0.3) is 0 Å². The van der Waals surface area contributed by atoms with Gasteiger partial charge in [-0.15, -0.1) is 0 Å². The summed E-state index contributed by atoms with van der Waals surface area (Å²) in [4.78, 5) is 28.5. The zero-order valence-electron chi connectivity index (χ0n) is 13.9. The highest BCUT2D eigenvalue weighted by atomic mass is 35.5. The lowest BCUT2D eigenvalue weighted by atomic mass is 10.1. The third-order valence-corrected chi connectivity index (χ3v) is 4.65. The molecule has 1 aliphatic rings. The zero-order chi connectivity index (χ0) is 17.8. The Morgan fingerprint density at radius 1 is 0.920 bits per heavy atom. The van der Waals surface area contributed by atoms with E-state index in [0.717, 1.165) is 5.69 Å². The number of nitrogens with zero attached hydrogens (tertiary/aromatic N) is 2. The van der Waals surface area contributed by atoms with Gasteiger partial charge in [0.2, 0.25) is 0 Å². The van der Waals surface area contributed by atoms with Crippen molar-refractivity contribution in [3.05, 3.63) is 64.7 Å². The molecule has 2 aromatic carbocycles. The number of hydrogen-bond donors (Lipinski definition) is 0. The molecule has 1 heterocycles. The van der Waals surface area contributed by atoms with Crippen LogP contribution in [0.4, 0.5) is 5.69 Å².